The molecule has 2 aromatic rings. The molecule has 0 spiro atoms. The van der Waals surface area contributed by atoms with Crippen molar-refractivity contribution in [1.82, 2.24) is 9.97 Å². The van der Waals surface area contributed by atoms with Gasteiger partial charge >= 0.3 is 0 Å². The Labute approximate surface area is 89.3 Å². The molecular formula is C9H10N2O3S. The van der Waals surface area contributed by atoms with E-state index in [-0.39, 0.29) is 0 Å². The van der Waals surface area contributed by atoms with Crippen LogP contribution in [0.4, 0.5) is 0 Å². The van der Waals surface area contributed by atoms with Crippen molar-refractivity contribution < 1.29 is 13.3 Å². The minimum atomic E-state index is -2.61. The highest BCUT2D eigenvalue weighted by Crippen LogP contribution is 2.14. The number of nitrogens with one attached hydrogen (secondary N) is 1. The Morgan fingerprint density at radius 1 is 1.20 bits per heavy atom. The maximum Gasteiger partial charge on any atom is 0.299 e. The van der Waals surface area contributed by atoms with Gasteiger partial charge in [-0.25, -0.2) is 0 Å². The number of pyridine rings is 1. The molecule has 0 bridgehead atoms. The van der Waals surface area contributed by atoms with Gasteiger partial charge in [-0.05, 0) is 24.3 Å². The lowest BCUT2D eigenvalue weighted by atomic mass is 10.2. The molecule has 6 heteroatoms. The van der Waals surface area contributed by atoms with Crippen molar-refractivity contribution in [2.24, 2.45) is 0 Å². The van der Waals surface area contributed by atoms with Gasteiger partial charge in [0.2, 0.25) is 0 Å². The first kappa shape index (κ1) is 11.6. The SMILES string of the molecule is O=S(O)O.c1c[nH]c(-c2ccncc2)c1. The molecule has 5 nitrogen and oxygen atoms in total. The first-order valence-corrected chi connectivity index (χ1v) is 5.10. The van der Waals surface area contributed by atoms with Crippen molar-refractivity contribution in [3.05, 3.63) is 42.9 Å². The molecule has 0 atom stereocenters. The number of H-pyrrole nitrogens is 1. The molecule has 0 saturated carbocycles. The smallest absolute Gasteiger partial charge is 0.299 e. The molecule has 0 aromatic carbocycles. The van der Waals surface area contributed by atoms with E-state index in [2.05, 4.69) is 9.97 Å². The Kier molecular flexibility index (Phi) is 4.69. The normalized spacial score (nSPS) is 9.53. The summed E-state index contributed by atoms with van der Waals surface area (Å²) in [6.07, 6.45) is 5.49. The van der Waals surface area contributed by atoms with E-state index < -0.39 is 11.4 Å². The number of aromatic amines is 1. The summed E-state index contributed by atoms with van der Waals surface area (Å²) < 4.78 is 22.8. The molecule has 0 aliphatic rings. The minimum Gasteiger partial charge on any atom is -0.361 e. The Morgan fingerprint density at radius 3 is 2.27 bits per heavy atom. The first-order chi connectivity index (χ1) is 7.20. The number of nitrogens with zero attached hydrogens (tertiary/aromatic N) is 1. The van der Waals surface area contributed by atoms with Crippen LogP contribution in [0, 0.1) is 0 Å². The van der Waals surface area contributed by atoms with Gasteiger partial charge in [-0.1, -0.05) is 0 Å². The molecule has 2 heterocycles. The minimum absolute atomic E-state index is 1.13. The Hall–Kier alpha value is -1.50. The Balaban J connectivity index is 0.000000245. The number of rotatable bonds is 1. The van der Waals surface area contributed by atoms with E-state index in [9.17, 15) is 0 Å². The Bertz CT molecular complexity index is 399. The van der Waals surface area contributed by atoms with E-state index in [0.717, 1.165) is 5.69 Å². The van der Waals surface area contributed by atoms with E-state index in [1.165, 1.54) is 5.56 Å². The van der Waals surface area contributed by atoms with Gasteiger partial charge in [0.1, 0.15) is 0 Å². The molecule has 2 rings (SSSR count). The molecule has 3 N–H and O–H groups in total. The fourth-order valence-corrected chi connectivity index (χ4v) is 1.04. The van der Waals surface area contributed by atoms with Gasteiger partial charge in [0, 0.05) is 29.8 Å². The summed E-state index contributed by atoms with van der Waals surface area (Å²) in [5.41, 5.74) is 2.30. The summed E-state index contributed by atoms with van der Waals surface area (Å²) in [5.74, 6) is 0. The van der Waals surface area contributed by atoms with Crippen molar-refractivity contribution >= 4 is 11.4 Å². The molecule has 0 radical (unpaired) electrons. The molecule has 0 saturated heterocycles. The topological polar surface area (TPSA) is 86.2 Å². The third-order valence-electron chi connectivity index (χ3n) is 1.59. The zero-order chi connectivity index (χ0) is 11.1. The van der Waals surface area contributed by atoms with Crippen molar-refractivity contribution in [3.63, 3.8) is 0 Å². The Morgan fingerprint density at radius 2 is 1.80 bits per heavy atom. The van der Waals surface area contributed by atoms with E-state index in [4.69, 9.17) is 13.3 Å². The predicted molar refractivity (Wildman–Crippen MR) is 57.4 cm³/mol. The van der Waals surface area contributed by atoms with Crippen LogP contribution < -0.4 is 0 Å². The second-order valence-corrected chi connectivity index (χ2v) is 3.01. The molecular weight excluding hydrogens is 216 g/mol. The van der Waals surface area contributed by atoms with Crippen LogP contribution in [0.5, 0.6) is 0 Å². The van der Waals surface area contributed by atoms with E-state index in [0.29, 0.717) is 0 Å². The summed E-state index contributed by atoms with van der Waals surface area (Å²) in [6.45, 7) is 0. The fourth-order valence-electron chi connectivity index (χ4n) is 1.04. The third-order valence-corrected chi connectivity index (χ3v) is 1.59. The summed E-state index contributed by atoms with van der Waals surface area (Å²) in [5, 5.41) is 0. The zero-order valence-corrected chi connectivity index (χ0v) is 8.52. The van der Waals surface area contributed by atoms with Crippen LogP contribution in [-0.4, -0.2) is 23.3 Å². The van der Waals surface area contributed by atoms with E-state index >= 15 is 0 Å². The van der Waals surface area contributed by atoms with Crippen molar-refractivity contribution in [1.29, 1.82) is 0 Å². The van der Waals surface area contributed by atoms with Crippen LogP contribution in [0.2, 0.25) is 0 Å². The van der Waals surface area contributed by atoms with Gasteiger partial charge < -0.3 is 4.98 Å². The lowest BCUT2D eigenvalue weighted by molar-refractivity contribution is 0.454. The van der Waals surface area contributed by atoms with Gasteiger partial charge in [-0.15, -0.1) is 0 Å². The quantitative estimate of drug-likeness (QED) is 0.647. The van der Waals surface area contributed by atoms with Crippen LogP contribution in [0.25, 0.3) is 11.3 Å². The lowest BCUT2D eigenvalue weighted by Crippen LogP contribution is -1.75. The standard InChI is InChI=1S/C9H8N2.H2O3S/c1-2-9(11-5-1)8-3-6-10-7-4-8;1-4(2)3/h1-7,11H;(H2,1,2,3). The van der Waals surface area contributed by atoms with Gasteiger partial charge in [0.05, 0.1) is 0 Å². The average molecular weight is 226 g/mol. The molecule has 0 fully saturated rings. The zero-order valence-electron chi connectivity index (χ0n) is 7.70. The summed E-state index contributed by atoms with van der Waals surface area (Å²) >= 11 is -2.61. The fraction of sp³-hybridized carbons (Fsp3) is 0. The second-order valence-electron chi connectivity index (χ2n) is 2.55. The van der Waals surface area contributed by atoms with Gasteiger partial charge in [0.25, 0.3) is 11.4 Å². The average Bonchev–Trinajstić information content (AvgIpc) is 2.71. The maximum absolute atomic E-state index is 8.67. The van der Waals surface area contributed by atoms with Gasteiger partial charge in [0.15, 0.2) is 0 Å². The van der Waals surface area contributed by atoms with Crippen LogP contribution in [0.1, 0.15) is 0 Å². The molecule has 0 aliphatic carbocycles. The molecule has 80 valence electrons. The molecule has 0 aliphatic heterocycles. The highest BCUT2D eigenvalue weighted by molar-refractivity contribution is 7.73. The van der Waals surface area contributed by atoms with Crippen molar-refractivity contribution in [2.45, 2.75) is 0 Å². The lowest BCUT2D eigenvalue weighted by Gasteiger charge is -1.93. The van der Waals surface area contributed by atoms with Crippen LogP contribution in [0.3, 0.4) is 0 Å². The number of hydrogen-bond donors (Lipinski definition) is 3. The summed E-state index contributed by atoms with van der Waals surface area (Å²) in [6, 6.07) is 7.97. The third kappa shape index (κ3) is 4.50. The van der Waals surface area contributed by atoms with Crippen LogP contribution >= 0.6 is 0 Å². The molecule has 15 heavy (non-hydrogen) atoms. The van der Waals surface area contributed by atoms with Crippen molar-refractivity contribution in [2.75, 3.05) is 0 Å². The highest BCUT2D eigenvalue weighted by Gasteiger charge is 1.93. The summed E-state index contributed by atoms with van der Waals surface area (Å²) in [4.78, 5) is 7.07. The monoisotopic (exact) mass is 226 g/mol. The highest BCUT2D eigenvalue weighted by atomic mass is 32.2. The number of hydrogen-bond acceptors (Lipinski definition) is 2. The molecule has 0 amide bonds. The summed E-state index contributed by atoms with van der Waals surface area (Å²) in [7, 11) is 0. The van der Waals surface area contributed by atoms with Gasteiger partial charge in [-0.3, -0.25) is 14.1 Å². The van der Waals surface area contributed by atoms with Crippen LogP contribution in [0.15, 0.2) is 42.9 Å². The maximum atomic E-state index is 8.67. The molecule has 2 aromatic heterocycles. The van der Waals surface area contributed by atoms with E-state index in [1.54, 1.807) is 12.4 Å². The van der Waals surface area contributed by atoms with Gasteiger partial charge in [-0.2, -0.15) is 4.21 Å². The van der Waals surface area contributed by atoms with Crippen molar-refractivity contribution in [3.8, 4) is 11.3 Å². The number of aromatic nitrogens is 2. The van der Waals surface area contributed by atoms with Crippen LogP contribution in [-0.2, 0) is 11.4 Å². The largest absolute Gasteiger partial charge is 0.361 e. The molecule has 0 unspecified atom stereocenters. The van der Waals surface area contributed by atoms with E-state index in [1.807, 2.05) is 30.5 Å². The second kappa shape index (κ2) is 6.07. The predicted octanol–water partition coefficient (Wildman–Crippen LogP) is 1.76. The first-order valence-electron chi connectivity index (χ1n) is 4.04.